The predicted octanol–water partition coefficient (Wildman–Crippen LogP) is 4.03. The van der Waals surface area contributed by atoms with Crippen molar-refractivity contribution in [3.8, 4) is 0 Å². The van der Waals surface area contributed by atoms with E-state index in [-0.39, 0.29) is 0 Å². The van der Waals surface area contributed by atoms with Gasteiger partial charge in [0.15, 0.2) is 0 Å². The third-order valence-corrected chi connectivity index (χ3v) is 3.67. The van der Waals surface area contributed by atoms with Crippen LogP contribution in [0, 0.1) is 5.41 Å². The first-order valence-electron chi connectivity index (χ1n) is 5.61. The normalized spacial score (nSPS) is 18.3. The number of benzene rings is 1. The van der Waals surface area contributed by atoms with Gasteiger partial charge in [-0.2, -0.15) is 0 Å². The van der Waals surface area contributed by atoms with Crippen LogP contribution in [0.2, 0.25) is 0 Å². The zero-order valence-electron chi connectivity index (χ0n) is 9.22. The fourth-order valence-corrected chi connectivity index (χ4v) is 2.20. The molecule has 1 aliphatic carbocycles. The van der Waals surface area contributed by atoms with Crippen LogP contribution in [0.3, 0.4) is 0 Å². The standard InChI is InChI=1S/C13H18ClN/c1-13(6-3-7-13)10-15-12-5-2-4-11(8-12)9-14/h2,4-5,8,15H,3,6-7,9-10H2,1H3. The lowest BCUT2D eigenvalue weighted by atomic mass is 9.70. The van der Waals surface area contributed by atoms with E-state index in [1.54, 1.807) is 0 Å². The maximum Gasteiger partial charge on any atom is 0.0474 e. The Balaban J connectivity index is 1.92. The second-order valence-corrected chi connectivity index (χ2v) is 5.12. The third kappa shape index (κ3) is 2.66. The molecule has 0 unspecified atom stereocenters. The summed E-state index contributed by atoms with van der Waals surface area (Å²) < 4.78 is 0. The van der Waals surface area contributed by atoms with Crippen LogP contribution in [0.1, 0.15) is 31.7 Å². The van der Waals surface area contributed by atoms with E-state index in [0.717, 1.165) is 6.54 Å². The molecule has 0 aliphatic heterocycles. The Hall–Kier alpha value is -0.690. The fourth-order valence-electron chi connectivity index (χ4n) is 2.04. The van der Waals surface area contributed by atoms with E-state index in [1.807, 2.05) is 0 Å². The minimum atomic E-state index is 0.525. The SMILES string of the molecule is CC1(CNc2cccc(CCl)c2)CCC1. The highest BCUT2D eigenvalue weighted by Crippen LogP contribution is 2.40. The molecule has 1 aromatic carbocycles. The van der Waals surface area contributed by atoms with Gasteiger partial charge in [0.1, 0.15) is 0 Å². The van der Waals surface area contributed by atoms with E-state index in [9.17, 15) is 0 Å². The number of rotatable bonds is 4. The molecule has 0 saturated heterocycles. The number of hydrogen-bond acceptors (Lipinski definition) is 1. The first-order valence-corrected chi connectivity index (χ1v) is 6.14. The quantitative estimate of drug-likeness (QED) is 0.761. The Morgan fingerprint density at radius 2 is 2.20 bits per heavy atom. The van der Waals surface area contributed by atoms with Crippen molar-refractivity contribution < 1.29 is 0 Å². The summed E-state index contributed by atoms with van der Waals surface area (Å²) in [6.07, 6.45) is 4.10. The monoisotopic (exact) mass is 223 g/mol. The minimum absolute atomic E-state index is 0.525. The van der Waals surface area contributed by atoms with E-state index < -0.39 is 0 Å². The first-order chi connectivity index (χ1) is 7.22. The van der Waals surface area contributed by atoms with Crippen molar-refractivity contribution in [2.45, 2.75) is 32.1 Å². The molecule has 0 radical (unpaired) electrons. The van der Waals surface area contributed by atoms with Crippen LogP contribution in [-0.2, 0) is 5.88 Å². The Labute approximate surface area is 96.8 Å². The maximum atomic E-state index is 5.80. The number of hydrogen-bond donors (Lipinski definition) is 1. The highest BCUT2D eigenvalue weighted by molar-refractivity contribution is 6.17. The molecule has 82 valence electrons. The molecule has 0 aromatic heterocycles. The molecule has 1 aliphatic rings. The summed E-state index contributed by atoms with van der Waals surface area (Å²) in [7, 11) is 0. The van der Waals surface area contributed by atoms with Gasteiger partial charge in [-0.3, -0.25) is 0 Å². The number of anilines is 1. The topological polar surface area (TPSA) is 12.0 Å². The van der Waals surface area contributed by atoms with Crippen molar-refractivity contribution in [1.29, 1.82) is 0 Å². The second kappa shape index (κ2) is 4.44. The number of nitrogens with one attached hydrogen (secondary N) is 1. The molecule has 1 fully saturated rings. The van der Waals surface area contributed by atoms with E-state index in [4.69, 9.17) is 11.6 Å². The Bertz CT molecular complexity index is 331. The van der Waals surface area contributed by atoms with Gasteiger partial charge in [0, 0.05) is 18.1 Å². The smallest absolute Gasteiger partial charge is 0.0474 e. The van der Waals surface area contributed by atoms with Crippen molar-refractivity contribution in [3.63, 3.8) is 0 Å². The van der Waals surface area contributed by atoms with Gasteiger partial charge < -0.3 is 5.32 Å². The van der Waals surface area contributed by atoms with Crippen LogP contribution in [0.5, 0.6) is 0 Å². The lowest BCUT2D eigenvalue weighted by Crippen LogP contribution is -2.33. The highest BCUT2D eigenvalue weighted by Gasteiger charge is 2.31. The number of alkyl halides is 1. The van der Waals surface area contributed by atoms with Gasteiger partial charge in [-0.1, -0.05) is 25.5 Å². The molecule has 2 rings (SSSR count). The van der Waals surface area contributed by atoms with Gasteiger partial charge in [-0.25, -0.2) is 0 Å². The Morgan fingerprint density at radius 1 is 1.40 bits per heavy atom. The van der Waals surface area contributed by atoms with Crippen molar-refractivity contribution in [2.24, 2.45) is 5.41 Å². The van der Waals surface area contributed by atoms with Crippen molar-refractivity contribution >= 4 is 17.3 Å². The van der Waals surface area contributed by atoms with Crippen molar-refractivity contribution in [3.05, 3.63) is 29.8 Å². The molecule has 1 saturated carbocycles. The molecule has 15 heavy (non-hydrogen) atoms. The lowest BCUT2D eigenvalue weighted by molar-refractivity contribution is 0.180. The molecular weight excluding hydrogens is 206 g/mol. The molecule has 1 nitrogen and oxygen atoms in total. The first kappa shape index (κ1) is 10.8. The average molecular weight is 224 g/mol. The lowest BCUT2D eigenvalue weighted by Gasteiger charge is -2.38. The van der Waals surface area contributed by atoms with E-state index in [0.29, 0.717) is 11.3 Å². The largest absolute Gasteiger partial charge is 0.384 e. The molecule has 0 heterocycles. The summed E-state index contributed by atoms with van der Waals surface area (Å²) in [5.41, 5.74) is 2.90. The summed E-state index contributed by atoms with van der Waals surface area (Å²) >= 11 is 5.80. The minimum Gasteiger partial charge on any atom is -0.384 e. The molecule has 1 N–H and O–H groups in total. The van der Waals surface area contributed by atoms with Crippen LogP contribution in [0.25, 0.3) is 0 Å². The van der Waals surface area contributed by atoms with Crippen molar-refractivity contribution in [1.82, 2.24) is 0 Å². The number of halogens is 1. The Kier molecular flexibility index (Phi) is 3.20. The van der Waals surface area contributed by atoms with Crippen LogP contribution in [-0.4, -0.2) is 6.54 Å². The van der Waals surface area contributed by atoms with Gasteiger partial charge in [0.05, 0.1) is 0 Å². The van der Waals surface area contributed by atoms with Gasteiger partial charge in [-0.05, 0) is 36.0 Å². The molecule has 2 heteroatoms. The molecule has 0 bridgehead atoms. The second-order valence-electron chi connectivity index (χ2n) is 4.85. The van der Waals surface area contributed by atoms with Gasteiger partial charge in [0.25, 0.3) is 0 Å². The fraction of sp³-hybridized carbons (Fsp3) is 0.538. The van der Waals surface area contributed by atoms with Crippen LogP contribution in [0.15, 0.2) is 24.3 Å². The molecular formula is C13H18ClN. The summed E-state index contributed by atoms with van der Waals surface area (Å²) in [4.78, 5) is 0. The molecule has 1 aromatic rings. The van der Waals surface area contributed by atoms with E-state index >= 15 is 0 Å². The predicted molar refractivity (Wildman–Crippen MR) is 66.4 cm³/mol. The highest BCUT2D eigenvalue weighted by atomic mass is 35.5. The summed E-state index contributed by atoms with van der Waals surface area (Å²) in [6, 6.07) is 8.36. The van der Waals surface area contributed by atoms with Gasteiger partial charge in [0.2, 0.25) is 0 Å². The summed E-state index contributed by atoms with van der Waals surface area (Å²) in [5.74, 6) is 0.590. The van der Waals surface area contributed by atoms with Crippen molar-refractivity contribution in [2.75, 3.05) is 11.9 Å². The zero-order valence-corrected chi connectivity index (χ0v) is 9.98. The van der Waals surface area contributed by atoms with Crippen LogP contribution in [0.4, 0.5) is 5.69 Å². The van der Waals surface area contributed by atoms with E-state index in [1.165, 1.54) is 30.5 Å². The summed E-state index contributed by atoms with van der Waals surface area (Å²) in [5, 5.41) is 3.50. The van der Waals surface area contributed by atoms with Crippen LogP contribution >= 0.6 is 11.6 Å². The third-order valence-electron chi connectivity index (χ3n) is 3.36. The van der Waals surface area contributed by atoms with Gasteiger partial charge >= 0.3 is 0 Å². The molecule has 0 spiro atoms. The maximum absolute atomic E-state index is 5.80. The average Bonchev–Trinajstić information content (AvgIpc) is 2.24. The van der Waals surface area contributed by atoms with E-state index in [2.05, 4.69) is 36.5 Å². The zero-order chi connectivity index (χ0) is 10.7. The summed E-state index contributed by atoms with van der Waals surface area (Å²) in [6.45, 7) is 3.44. The Morgan fingerprint density at radius 3 is 2.80 bits per heavy atom. The van der Waals surface area contributed by atoms with Gasteiger partial charge in [-0.15, -0.1) is 11.6 Å². The molecule has 0 atom stereocenters. The molecule has 0 amide bonds. The van der Waals surface area contributed by atoms with Crippen LogP contribution < -0.4 is 5.32 Å².